The molecule has 0 spiro atoms. The molecule has 214 valence electrons. The summed E-state index contributed by atoms with van der Waals surface area (Å²) in [6.07, 6.45) is -0.102. The van der Waals surface area contributed by atoms with Crippen LogP contribution in [0.5, 0.6) is 0 Å². The average Bonchev–Trinajstić information content (AvgIpc) is 2.88. The maximum absolute atomic E-state index is 14.5. The van der Waals surface area contributed by atoms with Crippen molar-refractivity contribution in [2.45, 2.75) is 40.7 Å². The van der Waals surface area contributed by atoms with Gasteiger partial charge in [0.15, 0.2) is 0 Å². The topological polar surface area (TPSA) is 102 Å². The molecule has 0 aromatic heterocycles. The molecule has 2 aromatic carbocycles. The number of benzene rings is 2. The SMILES string of the molecule is COC(=O)C1=C(C)N(c2cccc(F)c2[N+](=O)[O-])C(C)=C(C(=O)OCC(C)(C)CN(C)Cc2ccccc2Cl)C1. The normalized spacial score (nSPS) is 14.1. The van der Waals surface area contributed by atoms with Crippen LogP contribution in [0.1, 0.15) is 39.7 Å². The Bertz CT molecular complexity index is 1390. The molecule has 2 aromatic rings. The second-order valence-corrected chi connectivity index (χ2v) is 10.9. The molecule has 0 fully saturated rings. The van der Waals surface area contributed by atoms with Gasteiger partial charge in [-0.25, -0.2) is 9.59 Å². The largest absolute Gasteiger partial charge is 0.466 e. The number of nitro benzene ring substituents is 1. The van der Waals surface area contributed by atoms with Gasteiger partial charge in [-0.2, -0.15) is 4.39 Å². The van der Waals surface area contributed by atoms with Gasteiger partial charge in [0.05, 0.1) is 29.8 Å². The molecule has 0 amide bonds. The first-order valence-corrected chi connectivity index (χ1v) is 12.9. The molecule has 0 saturated carbocycles. The van der Waals surface area contributed by atoms with Gasteiger partial charge in [-0.15, -0.1) is 0 Å². The molecule has 0 atom stereocenters. The Morgan fingerprint density at radius 1 is 1.10 bits per heavy atom. The standard InChI is InChI=1S/C29H33ClFN3O6/c1-18-21(27(35)39-6)14-22(19(2)33(18)25-13-9-12-24(31)26(25)34(37)38)28(36)40-17-29(3,4)16-32(5)15-20-10-7-8-11-23(20)30/h7-13H,14-17H2,1-6H3. The van der Waals surface area contributed by atoms with Gasteiger partial charge in [0, 0.05) is 41.3 Å². The van der Waals surface area contributed by atoms with E-state index in [9.17, 15) is 24.1 Å². The minimum atomic E-state index is -1.04. The number of carbonyl (C=O) groups is 2. The van der Waals surface area contributed by atoms with E-state index in [-0.39, 0.29) is 41.3 Å². The maximum atomic E-state index is 14.5. The minimum absolute atomic E-state index is 0.0614. The third-order valence-corrected chi connectivity index (χ3v) is 7.02. The molecule has 0 aliphatic carbocycles. The number of para-hydroxylation sites is 1. The van der Waals surface area contributed by atoms with Gasteiger partial charge in [0.1, 0.15) is 5.69 Å². The first kappa shape index (κ1) is 30.8. The number of halogens is 2. The van der Waals surface area contributed by atoms with E-state index < -0.39 is 33.8 Å². The highest BCUT2D eigenvalue weighted by molar-refractivity contribution is 6.31. The highest BCUT2D eigenvalue weighted by Gasteiger charge is 2.36. The predicted molar refractivity (Wildman–Crippen MR) is 150 cm³/mol. The fraction of sp³-hybridized carbons (Fsp3) is 0.379. The van der Waals surface area contributed by atoms with E-state index >= 15 is 0 Å². The molecule has 11 heteroatoms. The van der Waals surface area contributed by atoms with Crippen LogP contribution in [0.2, 0.25) is 5.02 Å². The van der Waals surface area contributed by atoms with E-state index in [1.807, 2.05) is 45.2 Å². The zero-order valence-corrected chi connectivity index (χ0v) is 24.2. The second-order valence-electron chi connectivity index (χ2n) is 10.5. The lowest BCUT2D eigenvalue weighted by atomic mass is 9.93. The second kappa shape index (κ2) is 12.6. The first-order chi connectivity index (χ1) is 18.8. The third kappa shape index (κ3) is 6.86. The quantitative estimate of drug-likeness (QED) is 0.193. The molecule has 1 aliphatic heterocycles. The van der Waals surface area contributed by atoms with Crippen molar-refractivity contribution in [3.05, 3.63) is 91.5 Å². The Kier molecular flexibility index (Phi) is 9.70. The van der Waals surface area contributed by atoms with Crippen LogP contribution in [0, 0.1) is 21.3 Å². The maximum Gasteiger partial charge on any atom is 0.336 e. The van der Waals surface area contributed by atoms with E-state index in [2.05, 4.69) is 4.90 Å². The highest BCUT2D eigenvalue weighted by atomic mass is 35.5. The molecule has 40 heavy (non-hydrogen) atoms. The Morgan fingerprint density at radius 3 is 2.33 bits per heavy atom. The number of nitrogens with zero attached hydrogens (tertiary/aromatic N) is 3. The number of carbonyl (C=O) groups excluding carboxylic acids is 2. The summed E-state index contributed by atoms with van der Waals surface area (Å²) in [7, 11) is 3.14. The van der Waals surface area contributed by atoms with Crippen molar-refractivity contribution in [3.8, 4) is 0 Å². The number of esters is 2. The van der Waals surface area contributed by atoms with Crippen molar-refractivity contribution >= 4 is 34.9 Å². The van der Waals surface area contributed by atoms with Crippen molar-refractivity contribution < 1.29 is 28.4 Å². The molecule has 9 nitrogen and oxygen atoms in total. The fourth-order valence-electron chi connectivity index (χ4n) is 4.84. The molecule has 1 aliphatic rings. The molecule has 0 bridgehead atoms. The summed E-state index contributed by atoms with van der Waals surface area (Å²) >= 11 is 6.29. The van der Waals surface area contributed by atoms with Crippen molar-refractivity contribution in [3.63, 3.8) is 0 Å². The van der Waals surface area contributed by atoms with Gasteiger partial charge < -0.3 is 19.3 Å². The zero-order valence-electron chi connectivity index (χ0n) is 23.4. The summed E-state index contributed by atoms with van der Waals surface area (Å²) < 4.78 is 25.1. The number of hydrogen-bond acceptors (Lipinski definition) is 8. The van der Waals surface area contributed by atoms with Gasteiger partial charge >= 0.3 is 17.6 Å². The summed E-state index contributed by atoms with van der Waals surface area (Å²) in [5, 5.41) is 12.4. The number of hydrogen-bond donors (Lipinski definition) is 0. The Labute approximate surface area is 237 Å². The van der Waals surface area contributed by atoms with E-state index in [1.54, 1.807) is 13.8 Å². The summed E-state index contributed by atoms with van der Waals surface area (Å²) in [5.74, 6) is -2.43. The lowest BCUT2D eigenvalue weighted by molar-refractivity contribution is -0.386. The van der Waals surface area contributed by atoms with Gasteiger partial charge in [-0.05, 0) is 44.7 Å². The van der Waals surface area contributed by atoms with E-state index in [0.29, 0.717) is 18.1 Å². The number of methoxy groups -OCH3 is 1. The summed E-state index contributed by atoms with van der Waals surface area (Å²) in [6.45, 7) is 8.30. The van der Waals surface area contributed by atoms with Gasteiger partial charge in [0.2, 0.25) is 5.82 Å². The molecular formula is C29H33ClFN3O6. The van der Waals surface area contributed by atoms with Crippen molar-refractivity contribution in [2.24, 2.45) is 5.41 Å². The van der Waals surface area contributed by atoms with Crippen molar-refractivity contribution in [1.82, 2.24) is 4.90 Å². The Morgan fingerprint density at radius 2 is 1.73 bits per heavy atom. The van der Waals surface area contributed by atoms with Crippen LogP contribution in [0.4, 0.5) is 15.8 Å². The van der Waals surface area contributed by atoms with E-state index in [1.165, 1.54) is 24.1 Å². The Hall–Kier alpha value is -3.76. The molecule has 3 rings (SSSR count). The van der Waals surface area contributed by atoms with E-state index in [4.69, 9.17) is 21.1 Å². The van der Waals surface area contributed by atoms with Gasteiger partial charge in [0.25, 0.3) is 0 Å². The molecular weight excluding hydrogens is 541 g/mol. The Balaban J connectivity index is 1.86. The molecule has 0 saturated heterocycles. The number of anilines is 1. The summed E-state index contributed by atoms with van der Waals surface area (Å²) in [4.78, 5) is 40.3. The summed E-state index contributed by atoms with van der Waals surface area (Å²) in [5.41, 5.74) is 0.435. The first-order valence-electron chi connectivity index (χ1n) is 12.6. The lowest BCUT2D eigenvalue weighted by Crippen LogP contribution is -2.36. The molecule has 0 N–H and O–H groups in total. The van der Waals surface area contributed by atoms with Crippen LogP contribution in [-0.2, 0) is 25.6 Å². The van der Waals surface area contributed by atoms with Gasteiger partial charge in [-0.3, -0.25) is 10.1 Å². The van der Waals surface area contributed by atoms with E-state index in [0.717, 1.165) is 11.6 Å². The van der Waals surface area contributed by atoms with Crippen molar-refractivity contribution in [1.29, 1.82) is 0 Å². The third-order valence-electron chi connectivity index (χ3n) is 6.66. The molecule has 0 radical (unpaired) electrons. The monoisotopic (exact) mass is 573 g/mol. The van der Waals surface area contributed by atoms with Crippen LogP contribution in [-0.4, -0.2) is 49.1 Å². The van der Waals surface area contributed by atoms with Crippen LogP contribution >= 0.6 is 11.6 Å². The number of allylic oxidation sites excluding steroid dienone is 2. The minimum Gasteiger partial charge on any atom is -0.466 e. The van der Waals surface area contributed by atoms with Crippen LogP contribution < -0.4 is 4.90 Å². The van der Waals surface area contributed by atoms with Gasteiger partial charge in [-0.1, -0.05) is 49.7 Å². The lowest BCUT2D eigenvalue weighted by Gasteiger charge is -2.34. The smallest absolute Gasteiger partial charge is 0.336 e. The fourth-order valence-corrected chi connectivity index (χ4v) is 5.04. The summed E-state index contributed by atoms with van der Waals surface area (Å²) in [6, 6.07) is 11.2. The van der Waals surface area contributed by atoms with Crippen LogP contribution in [0.25, 0.3) is 0 Å². The van der Waals surface area contributed by atoms with Crippen LogP contribution in [0.15, 0.2) is 65.0 Å². The van der Waals surface area contributed by atoms with Crippen molar-refractivity contribution in [2.75, 3.05) is 32.2 Å². The highest BCUT2D eigenvalue weighted by Crippen LogP contribution is 2.41. The predicted octanol–water partition coefficient (Wildman–Crippen LogP) is 6.02. The molecule has 1 heterocycles. The number of nitro groups is 1. The molecule has 0 unspecified atom stereocenters. The average molecular weight is 574 g/mol. The number of rotatable bonds is 10. The zero-order chi connectivity index (χ0) is 29.8. The van der Waals surface area contributed by atoms with Crippen LogP contribution in [0.3, 0.4) is 0 Å². The number of ether oxygens (including phenoxy) is 2.